The SMILES string of the molecule is Cc1cccc(OC(C)C(=O)N2CCCC(C(=O)NC3CCCCC3)C2)c1. The minimum atomic E-state index is -0.549. The van der Waals surface area contributed by atoms with Gasteiger partial charge in [0.1, 0.15) is 5.75 Å². The summed E-state index contributed by atoms with van der Waals surface area (Å²) in [4.78, 5) is 27.3. The van der Waals surface area contributed by atoms with Crippen molar-refractivity contribution in [2.45, 2.75) is 70.9 Å². The number of likely N-dealkylation sites (tertiary alicyclic amines) is 1. The number of carbonyl (C=O) groups excluding carboxylic acids is 2. The van der Waals surface area contributed by atoms with Crippen LogP contribution in [-0.4, -0.2) is 41.9 Å². The monoisotopic (exact) mass is 372 g/mol. The van der Waals surface area contributed by atoms with Crippen LogP contribution in [0.4, 0.5) is 0 Å². The molecule has 1 saturated carbocycles. The molecule has 0 spiro atoms. The van der Waals surface area contributed by atoms with Gasteiger partial charge in [0.15, 0.2) is 6.10 Å². The zero-order valence-corrected chi connectivity index (χ0v) is 16.6. The third-order valence-electron chi connectivity index (χ3n) is 5.71. The average Bonchev–Trinajstić information content (AvgIpc) is 2.68. The van der Waals surface area contributed by atoms with Crippen LogP contribution in [0.3, 0.4) is 0 Å². The van der Waals surface area contributed by atoms with Gasteiger partial charge in [0.05, 0.1) is 5.92 Å². The van der Waals surface area contributed by atoms with Gasteiger partial charge in [-0.05, 0) is 57.2 Å². The lowest BCUT2D eigenvalue weighted by molar-refractivity contribution is -0.141. The van der Waals surface area contributed by atoms with Crippen LogP contribution in [0.25, 0.3) is 0 Å². The first kappa shape index (κ1) is 19.7. The molecule has 0 aromatic heterocycles. The number of hydrogen-bond acceptors (Lipinski definition) is 3. The second-order valence-electron chi connectivity index (χ2n) is 8.04. The Kier molecular flexibility index (Phi) is 6.75. The van der Waals surface area contributed by atoms with E-state index in [4.69, 9.17) is 4.74 Å². The summed E-state index contributed by atoms with van der Waals surface area (Å²) in [5, 5.41) is 3.22. The Hall–Kier alpha value is -2.04. The van der Waals surface area contributed by atoms with Crippen LogP contribution < -0.4 is 10.1 Å². The van der Waals surface area contributed by atoms with Crippen LogP contribution in [-0.2, 0) is 9.59 Å². The summed E-state index contributed by atoms with van der Waals surface area (Å²) in [5.41, 5.74) is 1.10. The van der Waals surface area contributed by atoms with Gasteiger partial charge < -0.3 is 15.0 Å². The molecular weight excluding hydrogens is 340 g/mol. The predicted octanol–water partition coefficient (Wildman–Crippen LogP) is 3.45. The molecule has 2 atom stereocenters. The Bertz CT molecular complexity index is 655. The van der Waals surface area contributed by atoms with E-state index in [0.29, 0.717) is 24.9 Å². The Morgan fingerprint density at radius 3 is 2.67 bits per heavy atom. The van der Waals surface area contributed by atoms with E-state index in [0.717, 1.165) is 31.2 Å². The lowest BCUT2D eigenvalue weighted by Gasteiger charge is -2.34. The fraction of sp³-hybridized carbons (Fsp3) is 0.636. The van der Waals surface area contributed by atoms with Crippen LogP contribution in [0.5, 0.6) is 5.75 Å². The van der Waals surface area contributed by atoms with Gasteiger partial charge in [0.25, 0.3) is 5.91 Å². The van der Waals surface area contributed by atoms with Gasteiger partial charge in [-0.2, -0.15) is 0 Å². The van der Waals surface area contributed by atoms with Crippen molar-refractivity contribution in [3.05, 3.63) is 29.8 Å². The highest BCUT2D eigenvalue weighted by Crippen LogP contribution is 2.22. The molecule has 2 fully saturated rings. The van der Waals surface area contributed by atoms with Gasteiger partial charge in [-0.15, -0.1) is 0 Å². The molecule has 5 heteroatoms. The van der Waals surface area contributed by atoms with E-state index >= 15 is 0 Å². The van der Waals surface area contributed by atoms with Crippen molar-refractivity contribution in [1.82, 2.24) is 10.2 Å². The zero-order chi connectivity index (χ0) is 19.2. The summed E-state index contributed by atoms with van der Waals surface area (Å²) in [6, 6.07) is 8.04. The molecule has 1 N–H and O–H groups in total. The molecule has 148 valence electrons. The number of piperidine rings is 1. The van der Waals surface area contributed by atoms with Gasteiger partial charge in [-0.25, -0.2) is 0 Å². The highest BCUT2D eigenvalue weighted by Gasteiger charge is 2.32. The molecule has 1 saturated heterocycles. The molecule has 2 aliphatic rings. The highest BCUT2D eigenvalue weighted by atomic mass is 16.5. The van der Waals surface area contributed by atoms with Gasteiger partial charge in [0, 0.05) is 19.1 Å². The normalized spacial score (nSPS) is 22.1. The summed E-state index contributed by atoms with van der Waals surface area (Å²) in [5.74, 6) is 0.688. The molecule has 0 radical (unpaired) electrons. The molecule has 1 aromatic rings. The van der Waals surface area contributed by atoms with E-state index in [9.17, 15) is 9.59 Å². The molecule has 27 heavy (non-hydrogen) atoms. The van der Waals surface area contributed by atoms with Crippen LogP contribution in [0.1, 0.15) is 57.4 Å². The Morgan fingerprint density at radius 1 is 1.15 bits per heavy atom. The van der Waals surface area contributed by atoms with Gasteiger partial charge in [-0.3, -0.25) is 9.59 Å². The van der Waals surface area contributed by atoms with E-state index < -0.39 is 6.10 Å². The summed E-state index contributed by atoms with van der Waals surface area (Å²) in [6.45, 7) is 4.99. The number of aryl methyl sites for hydroxylation is 1. The van der Waals surface area contributed by atoms with Crippen molar-refractivity contribution in [2.24, 2.45) is 5.92 Å². The molecule has 2 unspecified atom stereocenters. The molecule has 2 amide bonds. The smallest absolute Gasteiger partial charge is 0.263 e. The predicted molar refractivity (Wildman–Crippen MR) is 106 cm³/mol. The van der Waals surface area contributed by atoms with Crippen LogP contribution >= 0.6 is 0 Å². The molecule has 1 aromatic carbocycles. The third kappa shape index (κ3) is 5.47. The van der Waals surface area contributed by atoms with Crippen molar-refractivity contribution >= 4 is 11.8 Å². The van der Waals surface area contributed by atoms with Gasteiger partial charge in [-0.1, -0.05) is 31.4 Å². The number of nitrogens with zero attached hydrogens (tertiary/aromatic N) is 1. The summed E-state index contributed by atoms with van der Waals surface area (Å²) in [7, 11) is 0. The van der Waals surface area contributed by atoms with Crippen molar-refractivity contribution in [1.29, 1.82) is 0 Å². The summed E-state index contributed by atoms with van der Waals surface area (Å²) < 4.78 is 5.84. The number of carbonyl (C=O) groups is 2. The standard InChI is InChI=1S/C22H32N2O3/c1-16-8-6-12-20(14-16)27-17(2)22(26)24-13-7-9-18(15-24)21(25)23-19-10-4-3-5-11-19/h6,8,12,14,17-19H,3-5,7,9-11,13,15H2,1-2H3,(H,23,25). The van der Waals surface area contributed by atoms with Crippen LogP contribution in [0.15, 0.2) is 24.3 Å². The zero-order valence-electron chi connectivity index (χ0n) is 16.6. The van der Waals surface area contributed by atoms with Crippen LogP contribution in [0, 0.1) is 12.8 Å². The molecule has 0 bridgehead atoms. The van der Waals surface area contributed by atoms with Crippen molar-refractivity contribution in [3.8, 4) is 5.75 Å². The van der Waals surface area contributed by atoms with Gasteiger partial charge >= 0.3 is 0 Å². The first-order valence-electron chi connectivity index (χ1n) is 10.4. The average molecular weight is 373 g/mol. The molecule has 1 aliphatic carbocycles. The topological polar surface area (TPSA) is 58.6 Å². The third-order valence-corrected chi connectivity index (χ3v) is 5.71. The van der Waals surface area contributed by atoms with Crippen molar-refractivity contribution < 1.29 is 14.3 Å². The summed E-state index contributed by atoms with van der Waals surface area (Å²) >= 11 is 0. The largest absolute Gasteiger partial charge is 0.481 e. The molecule has 1 heterocycles. The minimum Gasteiger partial charge on any atom is -0.481 e. The quantitative estimate of drug-likeness (QED) is 0.861. The number of amides is 2. The first-order chi connectivity index (χ1) is 13.0. The lowest BCUT2D eigenvalue weighted by atomic mass is 9.93. The lowest BCUT2D eigenvalue weighted by Crippen LogP contribution is -2.50. The maximum atomic E-state index is 12.8. The van der Waals surface area contributed by atoms with Crippen molar-refractivity contribution in [2.75, 3.05) is 13.1 Å². The van der Waals surface area contributed by atoms with E-state index in [1.54, 1.807) is 11.8 Å². The Balaban J connectivity index is 1.53. The van der Waals surface area contributed by atoms with E-state index in [1.165, 1.54) is 19.3 Å². The van der Waals surface area contributed by atoms with Crippen LogP contribution in [0.2, 0.25) is 0 Å². The maximum absolute atomic E-state index is 12.8. The van der Waals surface area contributed by atoms with Crippen molar-refractivity contribution in [3.63, 3.8) is 0 Å². The molecular formula is C22H32N2O3. The first-order valence-corrected chi connectivity index (χ1v) is 10.4. The highest BCUT2D eigenvalue weighted by molar-refractivity contribution is 5.83. The fourth-order valence-corrected chi connectivity index (χ4v) is 4.16. The summed E-state index contributed by atoms with van der Waals surface area (Å²) in [6.07, 6.45) is 7.03. The molecule has 3 rings (SSSR count). The van der Waals surface area contributed by atoms with E-state index in [-0.39, 0.29) is 17.7 Å². The number of ether oxygens (including phenoxy) is 1. The van der Waals surface area contributed by atoms with E-state index in [2.05, 4.69) is 5.32 Å². The fourth-order valence-electron chi connectivity index (χ4n) is 4.16. The maximum Gasteiger partial charge on any atom is 0.263 e. The van der Waals surface area contributed by atoms with E-state index in [1.807, 2.05) is 31.2 Å². The number of benzene rings is 1. The Labute approximate surface area is 162 Å². The number of hydrogen-bond donors (Lipinski definition) is 1. The number of nitrogens with one attached hydrogen (secondary N) is 1. The second kappa shape index (κ2) is 9.25. The number of rotatable bonds is 5. The minimum absolute atomic E-state index is 0.0355. The molecule has 1 aliphatic heterocycles. The van der Waals surface area contributed by atoms with Gasteiger partial charge in [0.2, 0.25) is 5.91 Å². The molecule has 5 nitrogen and oxygen atoms in total. The second-order valence-corrected chi connectivity index (χ2v) is 8.04. The Morgan fingerprint density at radius 2 is 1.93 bits per heavy atom.